The Labute approximate surface area is 135 Å². The first-order valence-corrected chi connectivity index (χ1v) is 9.83. The number of hydrogen-bond donors (Lipinski definition) is 2. The molecule has 1 aliphatic rings. The summed E-state index contributed by atoms with van der Waals surface area (Å²) in [7, 11) is 0. The quantitative estimate of drug-likeness (QED) is 0.647. The molecule has 1 fully saturated rings. The highest BCUT2D eigenvalue weighted by Gasteiger charge is 2.25. The first-order valence-electron chi connectivity index (χ1n) is 8.60. The van der Waals surface area contributed by atoms with Gasteiger partial charge in [-0.2, -0.15) is 11.8 Å². The van der Waals surface area contributed by atoms with Gasteiger partial charge in [-0.3, -0.25) is 0 Å². The van der Waals surface area contributed by atoms with Crippen LogP contribution in [-0.2, 0) is 4.74 Å². The molecule has 3 nitrogen and oxygen atoms in total. The second kappa shape index (κ2) is 10.1. The number of ether oxygens (including phenoxy) is 1. The van der Waals surface area contributed by atoms with Crippen molar-refractivity contribution < 1.29 is 9.84 Å². The molecule has 21 heavy (non-hydrogen) atoms. The summed E-state index contributed by atoms with van der Waals surface area (Å²) in [5.74, 6) is 0.773. The van der Waals surface area contributed by atoms with Gasteiger partial charge in [-0.1, -0.05) is 33.6 Å². The molecule has 126 valence electrons. The van der Waals surface area contributed by atoms with Crippen molar-refractivity contribution in [3.63, 3.8) is 0 Å². The molecule has 0 bridgehead atoms. The van der Waals surface area contributed by atoms with Crippen LogP contribution >= 0.6 is 11.8 Å². The molecule has 0 heterocycles. The molecule has 0 radical (unpaired) electrons. The van der Waals surface area contributed by atoms with Crippen molar-refractivity contribution in [3.05, 3.63) is 0 Å². The highest BCUT2D eigenvalue weighted by Crippen LogP contribution is 2.29. The zero-order chi connectivity index (χ0) is 15.7. The van der Waals surface area contributed by atoms with Crippen LogP contribution in [0, 0.1) is 5.92 Å². The van der Waals surface area contributed by atoms with Crippen molar-refractivity contribution in [3.8, 4) is 0 Å². The van der Waals surface area contributed by atoms with Gasteiger partial charge in [0.15, 0.2) is 0 Å². The second-order valence-corrected chi connectivity index (χ2v) is 7.88. The lowest BCUT2D eigenvalue weighted by molar-refractivity contribution is -0.0306. The van der Waals surface area contributed by atoms with E-state index < -0.39 is 6.10 Å². The first kappa shape index (κ1) is 19.3. The number of thioether (sulfide) groups is 1. The molecule has 2 N–H and O–H groups in total. The van der Waals surface area contributed by atoms with E-state index >= 15 is 0 Å². The van der Waals surface area contributed by atoms with Crippen LogP contribution in [0.15, 0.2) is 0 Å². The van der Waals surface area contributed by atoms with Crippen LogP contribution in [0.2, 0.25) is 0 Å². The minimum atomic E-state index is -0.393. The predicted octanol–water partition coefficient (Wildman–Crippen LogP) is 3.45. The zero-order valence-electron chi connectivity index (χ0n) is 14.4. The Bertz CT molecular complexity index is 263. The predicted molar refractivity (Wildman–Crippen MR) is 93.1 cm³/mol. The van der Waals surface area contributed by atoms with Crippen LogP contribution < -0.4 is 5.32 Å². The van der Waals surface area contributed by atoms with Gasteiger partial charge in [0.05, 0.1) is 18.8 Å². The van der Waals surface area contributed by atoms with Crippen molar-refractivity contribution >= 4 is 11.8 Å². The van der Waals surface area contributed by atoms with Crippen LogP contribution in [0.3, 0.4) is 0 Å². The molecule has 3 atom stereocenters. The third-order valence-corrected chi connectivity index (χ3v) is 6.55. The minimum absolute atomic E-state index is 0.305. The van der Waals surface area contributed by atoms with E-state index in [9.17, 15) is 5.11 Å². The molecule has 1 rings (SSSR count). The molecule has 0 spiro atoms. The van der Waals surface area contributed by atoms with E-state index in [1.54, 1.807) is 0 Å². The lowest BCUT2D eigenvalue weighted by Crippen LogP contribution is -2.41. The summed E-state index contributed by atoms with van der Waals surface area (Å²) in [6.07, 6.45) is 9.37. The average molecular weight is 318 g/mol. The van der Waals surface area contributed by atoms with E-state index in [0.29, 0.717) is 24.0 Å². The van der Waals surface area contributed by atoms with E-state index in [4.69, 9.17) is 4.74 Å². The number of nitrogens with one attached hydrogen (secondary N) is 1. The summed E-state index contributed by atoms with van der Waals surface area (Å²) in [6, 6.07) is 0. The summed E-state index contributed by atoms with van der Waals surface area (Å²) < 4.78 is 6.19. The molecule has 0 saturated heterocycles. The minimum Gasteiger partial charge on any atom is -0.389 e. The molecule has 1 saturated carbocycles. The zero-order valence-corrected chi connectivity index (χ0v) is 15.2. The molecule has 0 amide bonds. The lowest BCUT2D eigenvalue weighted by Gasteiger charge is -2.31. The number of rotatable bonds is 10. The molecule has 0 aliphatic heterocycles. The van der Waals surface area contributed by atoms with Crippen molar-refractivity contribution in [1.82, 2.24) is 5.32 Å². The van der Waals surface area contributed by atoms with Gasteiger partial charge in [0.25, 0.3) is 0 Å². The van der Waals surface area contributed by atoms with Crippen LogP contribution in [-0.4, -0.2) is 48.0 Å². The SMILES string of the molecule is CCC(CC)(CNCC(O)COC1CCCC(C)C1)SC. The molecular weight excluding hydrogens is 282 g/mol. The Hall–Kier alpha value is 0.230. The Morgan fingerprint density at radius 1 is 1.33 bits per heavy atom. The van der Waals surface area contributed by atoms with Crippen LogP contribution in [0.4, 0.5) is 0 Å². The van der Waals surface area contributed by atoms with Gasteiger partial charge in [0, 0.05) is 17.8 Å². The summed E-state index contributed by atoms with van der Waals surface area (Å²) in [4.78, 5) is 0. The Balaban J connectivity index is 2.17. The fourth-order valence-electron chi connectivity index (χ4n) is 3.16. The first-order chi connectivity index (χ1) is 10.0. The van der Waals surface area contributed by atoms with Gasteiger partial charge >= 0.3 is 0 Å². The number of aliphatic hydroxyl groups is 1. The third kappa shape index (κ3) is 6.89. The fraction of sp³-hybridized carbons (Fsp3) is 1.00. The molecule has 4 heteroatoms. The topological polar surface area (TPSA) is 41.5 Å². The van der Waals surface area contributed by atoms with E-state index in [1.807, 2.05) is 11.8 Å². The Morgan fingerprint density at radius 3 is 2.62 bits per heavy atom. The smallest absolute Gasteiger partial charge is 0.0897 e. The molecule has 0 aromatic carbocycles. The van der Waals surface area contributed by atoms with E-state index in [-0.39, 0.29) is 0 Å². The second-order valence-electron chi connectivity index (χ2n) is 6.61. The van der Waals surface area contributed by atoms with E-state index in [1.165, 1.54) is 12.8 Å². The van der Waals surface area contributed by atoms with E-state index in [2.05, 4.69) is 32.3 Å². The summed E-state index contributed by atoms with van der Waals surface area (Å²) in [5, 5.41) is 13.5. The maximum atomic E-state index is 10.1. The van der Waals surface area contributed by atoms with Gasteiger partial charge in [-0.05, 0) is 37.9 Å². The Kier molecular flexibility index (Phi) is 9.26. The standard InChI is InChI=1S/C17H35NO2S/c1-5-17(6-2,21-4)13-18-11-15(19)12-20-16-9-7-8-14(3)10-16/h14-16,18-19H,5-13H2,1-4H3. The van der Waals surface area contributed by atoms with Gasteiger partial charge in [0.1, 0.15) is 0 Å². The molecule has 1 aliphatic carbocycles. The fourth-order valence-corrected chi connectivity index (χ4v) is 3.99. The third-order valence-electron chi connectivity index (χ3n) is 4.96. The lowest BCUT2D eigenvalue weighted by atomic mass is 9.89. The van der Waals surface area contributed by atoms with Crippen molar-refractivity contribution in [1.29, 1.82) is 0 Å². The maximum Gasteiger partial charge on any atom is 0.0897 e. The average Bonchev–Trinajstić information content (AvgIpc) is 2.50. The molecular formula is C17H35NO2S. The molecule has 3 unspecified atom stereocenters. The van der Waals surface area contributed by atoms with Gasteiger partial charge in [-0.15, -0.1) is 0 Å². The molecule has 0 aromatic heterocycles. The number of aliphatic hydroxyl groups excluding tert-OH is 1. The van der Waals surface area contributed by atoms with Crippen LogP contribution in [0.1, 0.15) is 59.3 Å². The monoisotopic (exact) mass is 317 g/mol. The summed E-state index contributed by atoms with van der Waals surface area (Å²) >= 11 is 1.93. The maximum absolute atomic E-state index is 10.1. The summed E-state index contributed by atoms with van der Waals surface area (Å²) in [6.45, 7) is 8.83. The van der Waals surface area contributed by atoms with Gasteiger partial charge < -0.3 is 15.2 Å². The summed E-state index contributed by atoms with van der Waals surface area (Å²) in [5.41, 5.74) is 0. The van der Waals surface area contributed by atoms with Crippen molar-refractivity contribution in [2.45, 2.75) is 76.3 Å². The largest absolute Gasteiger partial charge is 0.389 e. The van der Waals surface area contributed by atoms with Gasteiger partial charge in [0.2, 0.25) is 0 Å². The highest BCUT2D eigenvalue weighted by molar-refractivity contribution is 8.00. The van der Waals surface area contributed by atoms with Gasteiger partial charge in [-0.25, -0.2) is 0 Å². The van der Waals surface area contributed by atoms with Crippen LogP contribution in [0.25, 0.3) is 0 Å². The van der Waals surface area contributed by atoms with Crippen LogP contribution in [0.5, 0.6) is 0 Å². The van der Waals surface area contributed by atoms with Crippen molar-refractivity contribution in [2.24, 2.45) is 5.92 Å². The Morgan fingerprint density at radius 2 is 2.05 bits per heavy atom. The highest BCUT2D eigenvalue weighted by atomic mass is 32.2. The molecule has 0 aromatic rings. The van der Waals surface area contributed by atoms with E-state index in [0.717, 1.165) is 38.1 Å². The normalized spacial score (nSPS) is 25.0. The van der Waals surface area contributed by atoms with Crippen molar-refractivity contribution in [2.75, 3.05) is 26.0 Å². The number of hydrogen-bond acceptors (Lipinski definition) is 4.